The van der Waals surface area contributed by atoms with Crippen molar-refractivity contribution in [2.24, 2.45) is 5.92 Å². The van der Waals surface area contributed by atoms with E-state index in [2.05, 4.69) is 0 Å². The second kappa shape index (κ2) is 11.9. The van der Waals surface area contributed by atoms with E-state index in [-0.39, 0.29) is 13.0 Å². The number of ether oxygens (including phenoxy) is 5. The van der Waals surface area contributed by atoms with Crippen LogP contribution in [-0.4, -0.2) is 36.7 Å². The quantitative estimate of drug-likeness (QED) is 0.257. The molecule has 38 heavy (non-hydrogen) atoms. The molecule has 5 rings (SSSR count). The lowest BCUT2D eigenvalue weighted by molar-refractivity contribution is -0.262. The first-order valence-electron chi connectivity index (χ1n) is 12.3. The highest BCUT2D eigenvalue weighted by Gasteiger charge is 2.46. The SMILES string of the molecule is O=C(C[C@H]1O[C@@H](c2ccccc2)O[C@@H](/C=C2\CCOC2=O)[C@@H]1C(=O)Oc1ccccc1)Oc1ccccc1. The lowest BCUT2D eigenvalue weighted by atomic mass is 9.90. The van der Waals surface area contributed by atoms with Gasteiger partial charge >= 0.3 is 17.9 Å². The van der Waals surface area contributed by atoms with Gasteiger partial charge in [-0.25, -0.2) is 4.79 Å². The fraction of sp³-hybridized carbons (Fsp3) is 0.233. The average Bonchev–Trinajstić information content (AvgIpc) is 3.34. The van der Waals surface area contributed by atoms with Crippen LogP contribution >= 0.6 is 0 Å². The van der Waals surface area contributed by atoms with E-state index in [9.17, 15) is 14.4 Å². The van der Waals surface area contributed by atoms with Crippen molar-refractivity contribution in [1.82, 2.24) is 0 Å². The van der Waals surface area contributed by atoms with Crippen LogP contribution in [0, 0.1) is 5.92 Å². The van der Waals surface area contributed by atoms with Gasteiger partial charge in [-0.3, -0.25) is 9.59 Å². The second-order valence-electron chi connectivity index (χ2n) is 8.85. The van der Waals surface area contributed by atoms with Gasteiger partial charge < -0.3 is 23.7 Å². The molecular formula is C30H26O8. The zero-order valence-electron chi connectivity index (χ0n) is 20.4. The van der Waals surface area contributed by atoms with Gasteiger partial charge in [0, 0.05) is 17.6 Å². The third-order valence-electron chi connectivity index (χ3n) is 6.21. The van der Waals surface area contributed by atoms with Crippen molar-refractivity contribution in [2.45, 2.75) is 31.3 Å². The Balaban J connectivity index is 1.47. The van der Waals surface area contributed by atoms with Gasteiger partial charge in [0.15, 0.2) is 6.29 Å². The predicted octanol–water partition coefficient (Wildman–Crippen LogP) is 4.56. The van der Waals surface area contributed by atoms with Crippen molar-refractivity contribution in [3.8, 4) is 11.5 Å². The summed E-state index contributed by atoms with van der Waals surface area (Å²) in [6, 6.07) is 26.4. The Hall–Kier alpha value is -4.27. The van der Waals surface area contributed by atoms with Crippen molar-refractivity contribution in [3.63, 3.8) is 0 Å². The highest BCUT2D eigenvalue weighted by Crippen LogP contribution is 2.37. The Labute approximate surface area is 219 Å². The van der Waals surface area contributed by atoms with Crippen LogP contribution in [0.3, 0.4) is 0 Å². The first kappa shape index (κ1) is 25.4. The van der Waals surface area contributed by atoms with Crippen molar-refractivity contribution in [2.75, 3.05) is 6.61 Å². The molecule has 3 aromatic rings. The van der Waals surface area contributed by atoms with E-state index >= 15 is 0 Å². The average molecular weight is 515 g/mol. The molecule has 0 saturated carbocycles. The molecule has 0 amide bonds. The summed E-state index contributed by atoms with van der Waals surface area (Å²) in [6.45, 7) is 0.252. The van der Waals surface area contributed by atoms with Gasteiger partial charge in [0.25, 0.3) is 0 Å². The summed E-state index contributed by atoms with van der Waals surface area (Å²) in [4.78, 5) is 38.8. The number of benzene rings is 3. The minimum atomic E-state index is -1.07. The standard InChI is InChI=1S/C30H26O8/c31-26(35-22-12-6-2-7-13-22)19-25-27(29(33)36-23-14-8-3-9-15-23)24(18-21-16-17-34-28(21)32)37-30(38-25)20-10-4-1-5-11-20/h1-15,18,24-25,27,30H,16-17,19H2/b21-18+/t24-,25+,27-,30-/m0/s1. The molecule has 0 radical (unpaired) electrons. The third kappa shape index (κ3) is 6.16. The number of cyclic esters (lactones) is 1. The first-order chi connectivity index (χ1) is 18.6. The highest BCUT2D eigenvalue weighted by atomic mass is 16.7. The fourth-order valence-corrected chi connectivity index (χ4v) is 4.38. The molecule has 8 nitrogen and oxygen atoms in total. The molecule has 2 heterocycles. The number of rotatable bonds is 7. The molecule has 0 unspecified atom stereocenters. The molecule has 0 spiro atoms. The minimum absolute atomic E-state index is 0.250. The van der Waals surface area contributed by atoms with E-state index in [0.29, 0.717) is 29.1 Å². The molecule has 4 atom stereocenters. The normalized spacial score (nSPS) is 24.0. The van der Waals surface area contributed by atoms with Gasteiger partial charge in [-0.05, 0) is 30.3 Å². The maximum Gasteiger partial charge on any atom is 0.333 e. The summed E-state index contributed by atoms with van der Waals surface area (Å²) in [5.41, 5.74) is 1.09. The van der Waals surface area contributed by atoms with Gasteiger partial charge in [0.1, 0.15) is 17.4 Å². The van der Waals surface area contributed by atoms with Crippen LogP contribution in [0.15, 0.2) is 103 Å². The fourth-order valence-electron chi connectivity index (χ4n) is 4.38. The number of esters is 3. The van der Waals surface area contributed by atoms with Gasteiger partial charge in [0.05, 0.1) is 25.2 Å². The molecule has 2 aliphatic heterocycles. The van der Waals surface area contributed by atoms with E-state index in [1.165, 1.54) is 0 Å². The molecule has 2 aliphatic rings. The predicted molar refractivity (Wildman–Crippen MR) is 135 cm³/mol. The number of carbonyl (C=O) groups excluding carboxylic acids is 3. The molecule has 0 aromatic heterocycles. The maximum absolute atomic E-state index is 13.5. The first-order valence-corrected chi connectivity index (χ1v) is 12.3. The smallest absolute Gasteiger partial charge is 0.333 e. The highest BCUT2D eigenvalue weighted by molar-refractivity contribution is 5.90. The molecule has 0 N–H and O–H groups in total. The summed E-state index contributed by atoms with van der Waals surface area (Å²) < 4.78 is 28.7. The summed E-state index contributed by atoms with van der Waals surface area (Å²) in [5, 5.41) is 0. The van der Waals surface area contributed by atoms with Crippen LogP contribution in [-0.2, 0) is 28.6 Å². The third-order valence-corrected chi connectivity index (χ3v) is 6.21. The summed E-state index contributed by atoms with van der Waals surface area (Å²) in [5.74, 6) is -2.07. The number of carbonyl (C=O) groups is 3. The summed E-state index contributed by atoms with van der Waals surface area (Å²) in [7, 11) is 0. The van der Waals surface area contributed by atoms with E-state index in [1.54, 1.807) is 60.7 Å². The lowest BCUT2D eigenvalue weighted by Crippen LogP contribution is -2.49. The summed E-state index contributed by atoms with van der Waals surface area (Å²) in [6.07, 6.45) is -1.08. The second-order valence-corrected chi connectivity index (χ2v) is 8.85. The number of hydrogen-bond donors (Lipinski definition) is 0. The summed E-state index contributed by atoms with van der Waals surface area (Å²) >= 11 is 0. The largest absolute Gasteiger partial charge is 0.462 e. The van der Waals surface area contributed by atoms with Crippen LogP contribution in [0.5, 0.6) is 11.5 Å². The molecule has 2 saturated heterocycles. The van der Waals surface area contributed by atoms with Gasteiger partial charge in [-0.15, -0.1) is 0 Å². The van der Waals surface area contributed by atoms with E-state index < -0.39 is 42.3 Å². The van der Waals surface area contributed by atoms with Crippen molar-refractivity contribution >= 4 is 17.9 Å². The zero-order valence-corrected chi connectivity index (χ0v) is 20.4. The van der Waals surface area contributed by atoms with Crippen LogP contribution in [0.1, 0.15) is 24.7 Å². The van der Waals surface area contributed by atoms with Crippen molar-refractivity contribution in [3.05, 3.63) is 108 Å². The number of hydrogen-bond acceptors (Lipinski definition) is 8. The zero-order chi connectivity index (χ0) is 26.3. The molecule has 2 fully saturated rings. The Kier molecular flexibility index (Phi) is 7.92. The van der Waals surface area contributed by atoms with Crippen LogP contribution in [0.2, 0.25) is 0 Å². The monoisotopic (exact) mass is 514 g/mol. The van der Waals surface area contributed by atoms with Crippen LogP contribution in [0.25, 0.3) is 0 Å². The maximum atomic E-state index is 13.5. The Morgan fingerprint density at radius 2 is 1.42 bits per heavy atom. The van der Waals surface area contributed by atoms with Gasteiger partial charge in [-0.1, -0.05) is 66.7 Å². The topological polar surface area (TPSA) is 97.4 Å². The van der Waals surface area contributed by atoms with E-state index in [1.807, 2.05) is 36.4 Å². The van der Waals surface area contributed by atoms with Crippen LogP contribution < -0.4 is 9.47 Å². The van der Waals surface area contributed by atoms with E-state index in [4.69, 9.17) is 23.7 Å². The molecule has 8 heteroatoms. The van der Waals surface area contributed by atoms with E-state index in [0.717, 1.165) is 0 Å². The Morgan fingerprint density at radius 1 is 0.816 bits per heavy atom. The lowest BCUT2D eigenvalue weighted by Gasteiger charge is -2.39. The van der Waals surface area contributed by atoms with Crippen molar-refractivity contribution in [1.29, 1.82) is 0 Å². The van der Waals surface area contributed by atoms with Crippen LogP contribution in [0.4, 0.5) is 0 Å². The Morgan fingerprint density at radius 3 is 2.03 bits per heavy atom. The van der Waals surface area contributed by atoms with Gasteiger partial charge in [0.2, 0.25) is 0 Å². The molecule has 194 valence electrons. The molecule has 0 bridgehead atoms. The molecular weight excluding hydrogens is 488 g/mol. The minimum Gasteiger partial charge on any atom is -0.462 e. The van der Waals surface area contributed by atoms with Crippen molar-refractivity contribution < 1.29 is 38.1 Å². The Bertz CT molecular complexity index is 1290. The number of para-hydroxylation sites is 2. The molecule has 0 aliphatic carbocycles. The van der Waals surface area contributed by atoms with Gasteiger partial charge in [-0.2, -0.15) is 0 Å². The molecule has 3 aromatic carbocycles.